The van der Waals surface area contributed by atoms with Gasteiger partial charge in [-0.3, -0.25) is 5.32 Å². The van der Waals surface area contributed by atoms with Crippen LogP contribution in [0, 0.1) is 0 Å². The van der Waals surface area contributed by atoms with Crippen molar-refractivity contribution in [3.05, 3.63) is 24.0 Å². The average Bonchev–Trinajstić information content (AvgIpc) is 2.68. The Bertz CT molecular complexity index is 671. The molecule has 0 atom stereocenters. The topological polar surface area (TPSA) is 67.0 Å². The summed E-state index contributed by atoms with van der Waals surface area (Å²) >= 11 is 0. The standard InChI is InChI=1S/C13H14F3N3O2/c1-12(2,3)21-11(20)18-8-6-17-7-4-5-9(13(14,15)16)19-10(7)8/h4-6,17H,1-3H3,(H,18,20). The number of hydrogen-bond acceptors (Lipinski definition) is 3. The fourth-order valence-electron chi connectivity index (χ4n) is 1.67. The summed E-state index contributed by atoms with van der Waals surface area (Å²) in [6.45, 7) is 5.05. The number of carbonyl (C=O) groups is 1. The number of amides is 1. The predicted molar refractivity (Wildman–Crippen MR) is 71.0 cm³/mol. The van der Waals surface area contributed by atoms with E-state index in [1.165, 1.54) is 12.3 Å². The van der Waals surface area contributed by atoms with Crippen molar-refractivity contribution in [1.82, 2.24) is 9.97 Å². The van der Waals surface area contributed by atoms with Crippen LogP contribution in [-0.2, 0) is 10.9 Å². The zero-order chi connectivity index (χ0) is 15.8. The van der Waals surface area contributed by atoms with Gasteiger partial charge in [0.1, 0.15) is 16.8 Å². The zero-order valence-electron chi connectivity index (χ0n) is 11.6. The van der Waals surface area contributed by atoms with Crippen LogP contribution in [0.1, 0.15) is 26.5 Å². The third-order valence-electron chi connectivity index (χ3n) is 2.45. The van der Waals surface area contributed by atoms with Gasteiger partial charge in [0.25, 0.3) is 0 Å². The maximum atomic E-state index is 12.7. The maximum absolute atomic E-state index is 12.7. The first-order valence-corrected chi connectivity index (χ1v) is 6.11. The van der Waals surface area contributed by atoms with Gasteiger partial charge in [-0.05, 0) is 32.9 Å². The first-order chi connectivity index (χ1) is 9.56. The largest absolute Gasteiger partial charge is 0.444 e. The minimum absolute atomic E-state index is 0.0238. The number of pyridine rings is 1. The number of H-pyrrole nitrogens is 1. The van der Waals surface area contributed by atoms with Crippen molar-refractivity contribution in [2.75, 3.05) is 5.32 Å². The zero-order valence-corrected chi connectivity index (χ0v) is 11.6. The van der Waals surface area contributed by atoms with Gasteiger partial charge in [0.2, 0.25) is 0 Å². The molecule has 0 unspecified atom stereocenters. The molecule has 2 aromatic heterocycles. The number of nitrogens with one attached hydrogen (secondary N) is 2. The molecule has 5 nitrogen and oxygen atoms in total. The molecule has 0 bridgehead atoms. The fourth-order valence-corrected chi connectivity index (χ4v) is 1.67. The Morgan fingerprint density at radius 2 is 1.95 bits per heavy atom. The molecule has 0 aromatic carbocycles. The van der Waals surface area contributed by atoms with E-state index in [1.54, 1.807) is 20.8 Å². The number of anilines is 1. The highest BCUT2D eigenvalue weighted by molar-refractivity contribution is 5.97. The van der Waals surface area contributed by atoms with Crippen LogP contribution in [0.5, 0.6) is 0 Å². The summed E-state index contributed by atoms with van der Waals surface area (Å²) in [5.74, 6) is 0. The number of ether oxygens (including phenoxy) is 1. The van der Waals surface area contributed by atoms with E-state index in [9.17, 15) is 18.0 Å². The van der Waals surface area contributed by atoms with Gasteiger partial charge in [0.15, 0.2) is 0 Å². The lowest BCUT2D eigenvalue weighted by atomic mass is 10.2. The minimum atomic E-state index is -4.55. The van der Waals surface area contributed by atoms with Crippen LogP contribution in [-0.4, -0.2) is 21.7 Å². The van der Waals surface area contributed by atoms with Crippen molar-refractivity contribution in [2.45, 2.75) is 32.5 Å². The molecule has 2 N–H and O–H groups in total. The van der Waals surface area contributed by atoms with Crippen LogP contribution in [0.3, 0.4) is 0 Å². The highest BCUT2D eigenvalue weighted by Gasteiger charge is 2.33. The SMILES string of the molecule is CC(C)(C)OC(=O)Nc1c[nH]c2ccc(C(F)(F)F)nc12. The lowest BCUT2D eigenvalue weighted by Crippen LogP contribution is -2.27. The molecule has 114 valence electrons. The average molecular weight is 301 g/mol. The van der Waals surface area contributed by atoms with Crippen LogP contribution in [0.4, 0.5) is 23.7 Å². The minimum Gasteiger partial charge on any atom is -0.444 e. The van der Waals surface area contributed by atoms with Crippen LogP contribution in [0.15, 0.2) is 18.3 Å². The van der Waals surface area contributed by atoms with Crippen LogP contribution < -0.4 is 5.32 Å². The molecule has 0 fully saturated rings. The van der Waals surface area contributed by atoms with Gasteiger partial charge in [-0.15, -0.1) is 0 Å². The quantitative estimate of drug-likeness (QED) is 0.838. The van der Waals surface area contributed by atoms with Crippen molar-refractivity contribution < 1.29 is 22.7 Å². The number of aromatic amines is 1. The molecular formula is C13H14F3N3O2. The van der Waals surface area contributed by atoms with Gasteiger partial charge >= 0.3 is 12.3 Å². The van der Waals surface area contributed by atoms with Gasteiger partial charge in [-0.1, -0.05) is 0 Å². The second-order valence-electron chi connectivity index (χ2n) is 5.42. The molecule has 1 amide bonds. The van der Waals surface area contributed by atoms with Crippen molar-refractivity contribution in [1.29, 1.82) is 0 Å². The van der Waals surface area contributed by atoms with Gasteiger partial charge in [0, 0.05) is 6.20 Å². The Morgan fingerprint density at radius 1 is 1.29 bits per heavy atom. The van der Waals surface area contributed by atoms with E-state index >= 15 is 0 Å². The molecular weight excluding hydrogens is 287 g/mol. The molecule has 0 spiro atoms. The van der Waals surface area contributed by atoms with E-state index in [-0.39, 0.29) is 11.2 Å². The summed E-state index contributed by atoms with van der Waals surface area (Å²) in [6.07, 6.45) is -3.95. The molecule has 8 heteroatoms. The predicted octanol–water partition coefficient (Wildman–Crippen LogP) is 3.93. The molecule has 0 aliphatic rings. The lowest BCUT2D eigenvalue weighted by Gasteiger charge is -2.19. The number of rotatable bonds is 1. The molecule has 2 rings (SSSR count). The summed E-state index contributed by atoms with van der Waals surface area (Å²) in [7, 11) is 0. The Hall–Kier alpha value is -2.25. The third kappa shape index (κ3) is 3.65. The number of halogens is 3. The van der Waals surface area contributed by atoms with Crippen molar-refractivity contribution >= 4 is 22.8 Å². The number of aromatic nitrogens is 2. The van der Waals surface area contributed by atoms with Crippen molar-refractivity contribution in [3.8, 4) is 0 Å². The van der Waals surface area contributed by atoms with E-state index < -0.39 is 23.6 Å². The first kappa shape index (κ1) is 15.1. The fraction of sp³-hybridized carbons (Fsp3) is 0.385. The Kier molecular flexibility index (Phi) is 3.56. The summed E-state index contributed by atoms with van der Waals surface area (Å²) in [5, 5.41) is 2.38. The summed E-state index contributed by atoms with van der Waals surface area (Å²) < 4.78 is 43.0. The molecule has 0 radical (unpaired) electrons. The first-order valence-electron chi connectivity index (χ1n) is 6.11. The number of alkyl halides is 3. The molecule has 0 aliphatic heterocycles. The number of nitrogens with zero attached hydrogens (tertiary/aromatic N) is 1. The summed E-state index contributed by atoms with van der Waals surface area (Å²) in [6, 6.07) is 2.13. The number of fused-ring (bicyclic) bond motifs is 1. The van der Waals surface area contributed by atoms with Crippen molar-refractivity contribution in [3.63, 3.8) is 0 Å². The Balaban J connectivity index is 2.30. The van der Waals surface area contributed by atoms with Gasteiger partial charge in [-0.25, -0.2) is 9.78 Å². The highest BCUT2D eigenvalue weighted by atomic mass is 19.4. The molecule has 0 saturated carbocycles. The smallest absolute Gasteiger partial charge is 0.433 e. The van der Waals surface area contributed by atoms with E-state index in [1.807, 2.05) is 0 Å². The van der Waals surface area contributed by atoms with Crippen molar-refractivity contribution in [2.24, 2.45) is 0 Å². The molecule has 0 aliphatic carbocycles. The second-order valence-corrected chi connectivity index (χ2v) is 5.42. The number of carbonyl (C=O) groups excluding carboxylic acids is 1. The Morgan fingerprint density at radius 3 is 2.52 bits per heavy atom. The lowest BCUT2D eigenvalue weighted by molar-refractivity contribution is -0.140. The molecule has 0 saturated heterocycles. The normalized spacial score (nSPS) is 12.5. The molecule has 2 aromatic rings. The van der Waals surface area contributed by atoms with Gasteiger partial charge in [-0.2, -0.15) is 13.2 Å². The van der Waals surface area contributed by atoms with Crippen LogP contribution in [0.2, 0.25) is 0 Å². The van der Waals surface area contributed by atoms with Gasteiger partial charge in [0.05, 0.1) is 11.2 Å². The maximum Gasteiger partial charge on any atom is 0.433 e. The van der Waals surface area contributed by atoms with Gasteiger partial charge < -0.3 is 9.72 Å². The van der Waals surface area contributed by atoms with E-state index in [0.717, 1.165) is 6.07 Å². The van der Waals surface area contributed by atoms with E-state index in [0.29, 0.717) is 5.52 Å². The molecule has 2 heterocycles. The van der Waals surface area contributed by atoms with Crippen LogP contribution in [0.25, 0.3) is 11.0 Å². The summed E-state index contributed by atoms with van der Waals surface area (Å²) in [5.41, 5.74) is -1.20. The Labute approximate surface area is 118 Å². The number of hydrogen-bond donors (Lipinski definition) is 2. The third-order valence-corrected chi connectivity index (χ3v) is 2.45. The second kappa shape index (κ2) is 4.94. The monoisotopic (exact) mass is 301 g/mol. The van der Waals surface area contributed by atoms with E-state index in [4.69, 9.17) is 4.74 Å². The highest BCUT2D eigenvalue weighted by Crippen LogP contribution is 2.30. The van der Waals surface area contributed by atoms with Crippen LogP contribution >= 0.6 is 0 Å². The molecule has 21 heavy (non-hydrogen) atoms. The summed E-state index contributed by atoms with van der Waals surface area (Å²) in [4.78, 5) is 17.9. The van der Waals surface area contributed by atoms with E-state index in [2.05, 4.69) is 15.3 Å².